The van der Waals surface area contributed by atoms with Gasteiger partial charge in [0, 0.05) is 49.1 Å². The summed E-state index contributed by atoms with van der Waals surface area (Å²) in [7, 11) is 4.66. The van der Waals surface area contributed by atoms with Gasteiger partial charge in [0.25, 0.3) is 0 Å². The molecule has 0 bridgehead atoms. The van der Waals surface area contributed by atoms with E-state index < -0.39 is 0 Å². The molecule has 0 unspecified atom stereocenters. The molecule has 1 N–H and O–H groups in total. The summed E-state index contributed by atoms with van der Waals surface area (Å²) in [4.78, 5) is 26.0. The van der Waals surface area contributed by atoms with Gasteiger partial charge in [-0.1, -0.05) is 29.8 Å². The number of halogens is 2. The SMILES string of the molecule is C=CC(=O)C[C@H]1COC[C@H]1Nc1ncc2cc(-c3c(Cl)c(OC)cc(OC)c3Cl)nc(CCOC)c2n1. The summed E-state index contributed by atoms with van der Waals surface area (Å²) in [6, 6.07) is 3.36. The maximum atomic E-state index is 11.9. The van der Waals surface area contributed by atoms with Crippen LogP contribution in [-0.2, 0) is 20.7 Å². The van der Waals surface area contributed by atoms with Crippen molar-refractivity contribution < 1.29 is 23.7 Å². The largest absolute Gasteiger partial charge is 0.495 e. The topological polar surface area (TPSA) is 105 Å². The lowest BCUT2D eigenvalue weighted by Gasteiger charge is -2.19. The van der Waals surface area contributed by atoms with E-state index in [-0.39, 0.29) is 17.7 Å². The Morgan fingerprint density at radius 2 is 1.89 bits per heavy atom. The van der Waals surface area contributed by atoms with Crippen molar-refractivity contribution in [1.82, 2.24) is 15.0 Å². The predicted octanol–water partition coefficient (Wildman–Crippen LogP) is 4.78. The fourth-order valence-corrected chi connectivity index (χ4v) is 4.95. The first-order valence-corrected chi connectivity index (χ1v) is 12.4. The van der Waals surface area contributed by atoms with Crippen molar-refractivity contribution in [3.63, 3.8) is 0 Å². The molecule has 0 spiro atoms. The quantitative estimate of drug-likeness (QED) is 0.340. The molecular formula is C26H28Cl2N4O5. The van der Waals surface area contributed by atoms with Gasteiger partial charge in [-0.2, -0.15) is 0 Å². The molecule has 9 nitrogen and oxygen atoms in total. The smallest absolute Gasteiger partial charge is 0.223 e. The Bertz CT molecular complexity index is 1290. The number of ether oxygens (including phenoxy) is 4. The molecule has 11 heteroatoms. The zero-order chi connectivity index (χ0) is 26.5. The number of nitrogens with zero attached hydrogens (tertiary/aromatic N) is 3. The van der Waals surface area contributed by atoms with Gasteiger partial charge >= 0.3 is 0 Å². The standard InChI is InChI=1S/C26H28Cl2N4O5/c1-5-16(33)8-15-12-37-13-19(15)31-26-29-11-14-9-18(30-17(6-7-34-2)25(14)32-26)22-23(27)20(35-3)10-21(36-4)24(22)28/h5,9-11,15,19H,1,6-8,12-13H2,2-4H3,(H,29,31,32)/t15-,19+/m0/s1. The van der Waals surface area contributed by atoms with E-state index in [1.807, 2.05) is 6.07 Å². The Hall–Kier alpha value is -2.98. The number of hydrogen-bond donors (Lipinski definition) is 1. The van der Waals surface area contributed by atoms with Gasteiger partial charge in [0.1, 0.15) is 11.5 Å². The molecule has 0 saturated carbocycles. The molecule has 1 aliphatic rings. The third-order valence-corrected chi connectivity index (χ3v) is 6.97. The van der Waals surface area contributed by atoms with Gasteiger partial charge < -0.3 is 24.3 Å². The average Bonchev–Trinajstić information content (AvgIpc) is 3.33. The monoisotopic (exact) mass is 546 g/mol. The van der Waals surface area contributed by atoms with E-state index in [9.17, 15) is 4.79 Å². The number of methoxy groups -OCH3 is 3. The van der Waals surface area contributed by atoms with Gasteiger partial charge in [-0.15, -0.1) is 0 Å². The number of allylic oxidation sites excluding steroid dienone is 1. The number of hydrogen-bond acceptors (Lipinski definition) is 9. The van der Waals surface area contributed by atoms with Crippen LogP contribution in [0, 0.1) is 5.92 Å². The van der Waals surface area contributed by atoms with Crippen LogP contribution in [0.1, 0.15) is 12.1 Å². The van der Waals surface area contributed by atoms with E-state index in [2.05, 4.69) is 16.9 Å². The lowest BCUT2D eigenvalue weighted by Crippen LogP contribution is -2.30. The third kappa shape index (κ3) is 5.80. The fourth-order valence-electron chi connectivity index (χ4n) is 4.25. The van der Waals surface area contributed by atoms with Crippen LogP contribution in [0.4, 0.5) is 5.95 Å². The number of carbonyl (C=O) groups is 1. The van der Waals surface area contributed by atoms with Crippen LogP contribution in [0.3, 0.4) is 0 Å². The van der Waals surface area contributed by atoms with E-state index in [0.29, 0.717) is 82.6 Å². The van der Waals surface area contributed by atoms with Crippen molar-refractivity contribution in [3.05, 3.63) is 46.7 Å². The van der Waals surface area contributed by atoms with Crippen molar-refractivity contribution in [1.29, 1.82) is 0 Å². The van der Waals surface area contributed by atoms with Gasteiger partial charge in [-0.25, -0.2) is 9.97 Å². The molecule has 0 amide bonds. The molecule has 1 aromatic carbocycles. The van der Waals surface area contributed by atoms with Crippen molar-refractivity contribution in [2.24, 2.45) is 5.92 Å². The molecule has 196 valence electrons. The number of aromatic nitrogens is 3. The number of ketones is 1. The zero-order valence-electron chi connectivity index (χ0n) is 20.8. The fraction of sp³-hybridized carbons (Fsp3) is 0.385. The maximum Gasteiger partial charge on any atom is 0.223 e. The summed E-state index contributed by atoms with van der Waals surface area (Å²) in [5.74, 6) is 1.23. The minimum atomic E-state index is -0.0992. The summed E-state index contributed by atoms with van der Waals surface area (Å²) in [6.45, 7) is 4.93. The van der Waals surface area contributed by atoms with Gasteiger partial charge in [-0.05, 0) is 12.1 Å². The number of fused-ring (bicyclic) bond motifs is 1. The van der Waals surface area contributed by atoms with Gasteiger partial charge in [0.15, 0.2) is 5.78 Å². The number of anilines is 1. The third-order valence-electron chi connectivity index (χ3n) is 6.21. The van der Waals surface area contributed by atoms with E-state index >= 15 is 0 Å². The van der Waals surface area contributed by atoms with Crippen LogP contribution in [0.15, 0.2) is 31.0 Å². The highest BCUT2D eigenvalue weighted by Gasteiger charge is 2.30. The van der Waals surface area contributed by atoms with Gasteiger partial charge in [0.2, 0.25) is 5.95 Å². The Morgan fingerprint density at radius 1 is 1.16 bits per heavy atom. The summed E-state index contributed by atoms with van der Waals surface area (Å²) < 4.78 is 21.7. The van der Waals surface area contributed by atoms with Crippen LogP contribution in [0.5, 0.6) is 11.5 Å². The molecule has 3 heterocycles. The summed E-state index contributed by atoms with van der Waals surface area (Å²) >= 11 is 13.3. The lowest BCUT2D eigenvalue weighted by molar-refractivity contribution is -0.115. The molecule has 2 aromatic heterocycles. The highest BCUT2D eigenvalue weighted by molar-refractivity contribution is 6.41. The minimum Gasteiger partial charge on any atom is -0.495 e. The van der Waals surface area contributed by atoms with E-state index in [4.69, 9.17) is 52.1 Å². The van der Waals surface area contributed by atoms with Crippen LogP contribution in [0.2, 0.25) is 10.0 Å². The van der Waals surface area contributed by atoms with Crippen molar-refractivity contribution in [2.45, 2.75) is 18.9 Å². The van der Waals surface area contributed by atoms with Crippen molar-refractivity contribution >= 4 is 45.8 Å². The van der Waals surface area contributed by atoms with E-state index in [0.717, 1.165) is 5.39 Å². The lowest BCUT2D eigenvalue weighted by atomic mass is 9.97. The van der Waals surface area contributed by atoms with Gasteiger partial charge in [0.05, 0.1) is 67.0 Å². The Labute approximate surface area is 225 Å². The highest BCUT2D eigenvalue weighted by atomic mass is 35.5. The maximum absolute atomic E-state index is 11.9. The molecule has 1 aliphatic heterocycles. The molecule has 4 rings (SSSR count). The first-order valence-electron chi connectivity index (χ1n) is 11.7. The molecule has 2 atom stereocenters. The van der Waals surface area contributed by atoms with Crippen LogP contribution in [-0.4, -0.2) is 67.9 Å². The normalized spacial score (nSPS) is 17.1. The first kappa shape index (κ1) is 27.1. The molecule has 3 aromatic rings. The Morgan fingerprint density at radius 3 is 2.54 bits per heavy atom. The minimum absolute atomic E-state index is 0.00517. The second kappa shape index (κ2) is 12.0. The second-order valence-electron chi connectivity index (χ2n) is 8.54. The number of rotatable bonds is 11. The summed E-state index contributed by atoms with van der Waals surface area (Å²) in [6.07, 6.45) is 3.90. The molecule has 0 aliphatic carbocycles. The van der Waals surface area contributed by atoms with Crippen LogP contribution in [0.25, 0.3) is 22.2 Å². The average molecular weight is 547 g/mol. The number of nitrogens with one attached hydrogen (secondary N) is 1. The van der Waals surface area contributed by atoms with Crippen molar-refractivity contribution in [3.8, 4) is 22.8 Å². The highest BCUT2D eigenvalue weighted by Crippen LogP contribution is 2.46. The second-order valence-corrected chi connectivity index (χ2v) is 9.29. The number of benzene rings is 1. The van der Waals surface area contributed by atoms with E-state index in [1.54, 1.807) is 19.4 Å². The molecule has 1 saturated heterocycles. The first-order chi connectivity index (χ1) is 17.9. The molecular weight excluding hydrogens is 519 g/mol. The summed E-state index contributed by atoms with van der Waals surface area (Å²) in [5, 5.41) is 4.71. The number of carbonyl (C=O) groups excluding carboxylic acids is 1. The molecule has 1 fully saturated rings. The van der Waals surface area contributed by atoms with Gasteiger partial charge in [-0.3, -0.25) is 9.78 Å². The predicted molar refractivity (Wildman–Crippen MR) is 143 cm³/mol. The number of pyridine rings is 1. The van der Waals surface area contributed by atoms with E-state index in [1.165, 1.54) is 20.3 Å². The molecule has 0 radical (unpaired) electrons. The Kier molecular flexibility index (Phi) is 8.81. The van der Waals surface area contributed by atoms with Crippen molar-refractivity contribution in [2.75, 3.05) is 46.5 Å². The van der Waals surface area contributed by atoms with Crippen LogP contribution >= 0.6 is 23.2 Å². The summed E-state index contributed by atoms with van der Waals surface area (Å²) in [5.41, 5.74) is 2.37. The Balaban J connectivity index is 1.76. The molecule has 37 heavy (non-hydrogen) atoms. The van der Waals surface area contributed by atoms with Crippen LogP contribution < -0.4 is 14.8 Å². The zero-order valence-corrected chi connectivity index (χ0v) is 22.4.